The molecule has 1 heterocycles. The molecule has 0 atom stereocenters. The Hall–Kier alpha value is -1.87. The lowest BCUT2D eigenvalue weighted by molar-refractivity contribution is -0.110. The van der Waals surface area contributed by atoms with Crippen LogP contribution in [-0.4, -0.2) is 5.91 Å². The van der Waals surface area contributed by atoms with Gasteiger partial charge >= 0.3 is 0 Å². The minimum absolute atomic E-state index is 0.0491. The van der Waals surface area contributed by atoms with E-state index in [4.69, 9.17) is 0 Å². The highest BCUT2D eigenvalue weighted by molar-refractivity contribution is 9.10. The average Bonchev–Trinajstić information content (AvgIpc) is 2.69. The van der Waals surface area contributed by atoms with Gasteiger partial charge in [0.05, 0.1) is 0 Å². The summed E-state index contributed by atoms with van der Waals surface area (Å²) in [5.41, 5.74) is 3.54. The van der Waals surface area contributed by atoms with Crippen molar-refractivity contribution in [2.75, 3.05) is 5.32 Å². The van der Waals surface area contributed by atoms with Gasteiger partial charge in [0, 0.05) is 21.3 Å². The summed E-state index contributed by atoms with van der Waals surface area (Å²) >= 11 is 3.49. The van der Waals surface area contributed by atoms with Crippen molar-refractivity contribution in [1.82, 2.24) is 0 Å². The predicted molar refractivity (Wildman–Crippen MR) is 77.1 cm³/mol. The van der Waals surface area contributed by atoms with Crippen LogP contribution in [0.5, 0.6) is 0 Å². The van der Waals surface area contributed by atoms with E-state index in [9.17, 15) is 4.79 Å². The van der Waals surface area contributed by atoms with Crippen LogP contribution < -0.4 is 5.32 Å². The van der Waals surface area contributed by atoms with Crippen LogP contribution >= 0.6 is 15.9 Å². The summed E-state index contributed by atoms with van der Waals surface area (Å²) < 4.78 is 0.981. The molecule has 0 radical (unpaired) electrons. The van der Waals surface area contributed by atoms with Crippen LogP contribution in [0.15, 0.2) is 53.0 Å². The lowest BCUT2D eigenvalue weighted by Gasteiger charge is -2.00. The molecule has 0 aliphatic carbocycles. The fourth-order valence-corrected chi connectivity index (χ4v) is 2.43. The molecule has 1 amide bonds. The molecule has 1 aliphatic rings. The predicted octanol–water partition coefficient (Wildman–Crippen LogP) is 3.94. The molecule has 0 spiro atoms. The number of carbonyl (C=O) groups excluding carboxylic acids is 1. The fourth-order valence-electron chi connectivity index (χ4n) is 2.03. The van der Waals surface area contributed by atoms with Crippen LogP contribution in [0, 0.1) is 0 Å². The molecule has 0 unspecified atom stereocenters. The van der Waals surface area contributed by atoms with Gasteiger partial charge in [-0.3, -0.25) is 4.79 Å². The number of carbonyl (C=O) groups is 1. The van der Waals surface area contributed by atoms with Crippen molar-refractivity contribution in [2.45, 2.75) is 0 Å². The number of nitrogens with one attached hydrogen (secondary N) is 1. The van der Waals surface area contributed by atoms with Gasteiger partial charge in [0.2, 0.25) is 0 Å². The minimum atomic E-state index is -0.0491. The monoisotopic (exact) mass is 299 g/mol. The second-order valence-electron chi connectivity index (χ2n) is 4.08. The van der Waals surface area contributed by atoms with E-state index in [0.29, 0.717) is 5.57 Å². The molecule has 1 N–H and O–H groups in total. The van der Waals surface area contributed by atoms with Crippen LogP contribution in [0.4, 0.5) is 5.69 Å². The van der Waals surface area contributed by atoms with Crippen LogP contribution in [-0.2, 0) is 4.79 Å². The third kappa shape index (κ3) is 1.87. The molecule has 2 aromatic carbocycles. The first-order valence-electron chi connectivity index (χ1n) is 5.63. The third-order valence-electron chi connectivity index (χ3n) is 2.92. The first-order chi connectivity index (χ1) is 8.75. The number of amides is 1. The fraction of sp³-hybridized carbons (Fsp3) is 0. The summed E-state index contributed by atoms with van der Waals surface area (Å²) in [6.45, 7) is 0. The van der Waals surface area contributed by atoms with Gasteiger partial charge in [-0.2, -0.15) is 0 Å². The molecule has 0 fully saturated rings. The molecule has 0 aromatic heterocycles. The molecule has 0 bridgehead atoms. The van der Waals surface area contributed by atoms with E-state index in [1.54, 1.807) is 0 Å². The standard InChI is InChI=1S/C15H10BrNO/c16-13-7-3-1-5-10(13)9-12-11-6-2-4-8-14(11)17-15(12)18/h1-9H,(H,17,18)/b12-9-. The highest BCUT2D eigenvalue weighted by atomic mass is 79.9. The number of rotatable bonds is 1. The van der Waals surface area contributed by atoms with E-state index >= 15 is 0 Å². The number of hydrogen-bond donors (Lipinski definition) is 1. The van der Waals surface area contributed by atoms with E-state index in [-0.39, 0.29) is 5.91 Å². The SMILES string of the molecule is O=C1Nc2ccccc2/C1=C/c1ccccc1Br. The van der Waals surface area contributed by atoms with Gasteiger partial charge in [-0.15, -0.1) is 0 Å². The molecule has 88 valence electrons. The zero-order valence-electron chi connectivity index (χ0n) is 9.48. The smallest absolute Gasteiger partial charge is 0.256 e. The Kier molecular flexibility index (Phi) is 2.76. The summed E-state index contributed by atoms with van der Waals surface area (Å²) in [6.07, 6.45) is 1.91. The number of hydrogen-bond acceptors (Lipinski definition) is 1. The van der Waals surface area contributed by atoms with E-state index in [1.807, 2.05) is 54.6 Å². The largest absolute Gasteiger partial charge is 0.321 e. The maximum absolute atomic E-state index is 12.0. The Morgan fingerprint density at radius 1 is 1.00 bits per heavy atom. The number of anilines is 1. The van der Waals surface area contributed by atoms with Crippen LogP contribution in [0.2, 0.25) is 0 Å². The average molecular weight is 300 g/mol. The highest BCUT2D eigenvalue weighted by Crippen LogP contribution is 2.33. The summed E-state index contributed by atoms with van der Waals surface area (Å²) in [4.78, 5) is 12.0. The van der Waals surface area contributed by atoms with Gasteiger partial charge in [-0.1, -0.05) is 52.3 Å². The first-order valence-corrected chi connectivity index (χ1v) is 6.42. The number of halogens is 1. The van der Waals surface area contributed by atoms with Crippen molar-refractivity contribution < 1.29 is 4.79 Å². The van der Waals surface area contributed by atoms with E-state index < -0.39 is 0 Å². The van der Waals surface area contributed by atoms with Gasteiger partial charge in [-0.25, -0.2) is 0 Å². The molecule has 3 rings (SSSR count). The molecule has 3 heteroatoms. The normalized spacial score (nSPS) is 15.6. The topological polar surface area (TPSA) is 29.1 Å². The maximum atomic E-state index is 12.0. The highest BCUT2D eigenvalue weighted by Gasteiger charge is 2.23. The minimum Gasteiger partial charge on any atom is -0.321 e. The van der Waals surface area contributed by atoms with Gasteiger partial charge in [0.25, 0.3) is 5.91 Å². The van der Waals surface area contributed by atoms with Crippen molar-refractivity contribution in [3.05, 3.63) is 64.1 Å². The number of para-hydroxylation sites is 1. The van der Waals surface area contributed by atoms with E-state index in [1.165, 1.54) is 0 Å². The molecule has 18 heavy (non-hydrogen) atoms. The van der Waals surface area contributed by atoms with Crippen molar-refractivity contribution in [1.29, 1.82) is 0 Å². The Balaban J connectivity index is 2.13. The molecule has 0 saturated heterocycles. The van der Waals surface area contributed by atoms with Crippen LogP contribution in [0.3, 0.4) is 0 Å². The molecular weight excluding hydrogens is 290 g/mol. The van der Waals surface area contributed by atoms with Crippen molar-refractivity contribution in [3.8, 4) is 0 Å². The second-order valence-corrected chi connectivity index (χ2v) is 4.93. The molecule has 2 nitrogen and oxygen atoms in total. The summed E-state index contributed by atoms with van der Waals surface area (Å²) in [7, 11) is 0. The second kappa shape index (κ2) is 4.42. The summed E-state index contributed by atoms with van der Waals surface area (Å²) in [6, 6.07) is 15.6. The number of benzene rings is 2. The van der Waals surface area contributed by atoms with E-state index in [0.717, 1.165) is 21.3 Å². The Morgan fingerprint density at radius 2 is 1.72 bits per heavy atom. The molecular formula is C15H10BrNO. The van der Waals surface area contributed by atoms with Gasteiger partial charge in [0.1, 0.15) is 0 Å². The van der Waals surface area contributed by atoms with Crippen molar-refractivity contribution >= 4 is 39.2 Å². The number of fused-ring (bicyclic) bond motifs is 1. The van der Waals surface area contributed by atoms with Gasteiger partial charge in [0.15, 0.2) is 0 Å². The Morgan fingerprint density at radius 3 is 2.56 bits per heavy atom. The van der Waals surface area contributed by atoms with Crippen LogP contribution in [0.25, 0.3) is 11.6 Å². The third-order valence-corrected chi connectivity index (χ3v) is 3.64. The maximum Gasteiger partial charge on any atom is 0.256 e. The molecule has 2 aromatic rings. The van der Waals surface area contributed by atoms with Crippen LogP contribution in [0.1, 0.15) is 11.1 Å². The van der Waals surface area contributed by atoms with Gasteiger partial charge < -0.3 is 5.32 Å². The van der Waals surface area contributed by atoms with Crippen molar-refractivity contribution in [2.24, 2.45) is 0 Å². The zero-order chi connectivity index (χ0) is 12.5. The van der Waals surface area contributed by atoms with Gasteiger partial charge in [-0.05, 0) is 23.8 Å². The van der Waals surface area contributed by atoms with Crippen molar-refractivity contribution in [3.63, 3.8) is 0 Å². The Bertz CT molecular complexity index is 661. The van der Waals surface area contributed by atoms with E-state index in [2.05, 4.69) is 21.2 Å². The Labute approximate surface area is 113 Å². The summed E-state index contributed by atoms with van der Waals surface area (Å²) in [5.74, 6) is -0.0491. The molecule has 0 saturated carbocycles. The lowest BCUT2D eigenvalue weighted by Crippen LogP contribution is -2.03. The first kappa shape index (κ1) is 11.2. The lowest BCUT2D eigenvalue weighted by atomic mass is 10.0. The molecule has 1 aliphatic heterocycles. The zero-order valence-corrected chi connectivity index (χ0v) is 11.1. The summed E-state index contributed by atoms with van der Waals surface area (Å²) in [5, 5.41) is 2.86. The quantitative estimate of drug-likeness (QED) is 0.794.